The minimum atomic E-state index is -0.966. The highest BCUT2D eigenvalue weighted by molar-refractivity contribution is 7.13. The first-order valence-corrected chi connectivity index (χ1v) is 10.3. The number of nitrogen functional groups attached to an aromatic ring is 1. The highest BCUT2D eigenvalue weighted by atomic mass is 32.1. The molecule has 0 aliphatic carbocycles. The molecule has 3 aromatic heterocycles. The molecular formula is C23H20N2O4S. The molecule has 0 fully saturated rings. The molecule has 0 aliphatic heterocycles. The lowest BCUT2D eigenvalue weighted by atomic mass is 10.1. The molecule has 1 aromatic carbocycles. The van der Waals surface area contributed by atoms with Crippen LogP contribution in [0.25, 0.3) is 21.9 Å². The van der Waals surface area contributed by atoms with E-state index in [1.165, 1.54) is 0 Å². The zero-order chi connectivity index (χ0) is 21.1. The number of carbonyl (C=O) groups is 1. The van der Waals surface area contributed by atoms with Gasteiger partial charge in [-0.15, -0.1) is 11.3 Å². The first kappa shape index (κ1) is 19.7. The van der Waals surface area contributed by atoms with Crippen molar-refractivity contribution < 1.29 is 19.1 Å². The van der Waals surface area contributed by atoms with Crippen LogP contribution in [0.3, 0.4) is 0 Å². The van der Waals surface area contributed by atoms with Gasteiger partial charge in [-0.3, -0.25) is 0 Å². The number of aryl methyl sites for hydroxylation is 1. The van der Waals surface area contributed by atoms with E-state index in [1.54, 1.807) is 35.6 Å². The first-order chi connectivity index (χ1) is 14.5. The summed E-state index contributed by atoms with van der Waals surface area (Å²) < 4.78 is 11.8. The highest BCUT2D eigenvalue weighted by Crippen LogP contribution is 2.38. The van der Waals surface area contributed by atoms with Crippen LogP contribution in [-0.4, -0.2) is 16.1 Å². The Bertz CT molecular complexity index is 1160. The number of benzene rings is 1. The fraction of sp³-hybridized carbons (Fsp3) is 0.130. The van der Waals surface area contributed by atoms with Crippen molar-refractivity contribution in [3.8, 4) is 27.8 Å². The standard InChI is InChI=1S/C23H20N2O4S/c1-2-16-9-10-19(29-16)17-12-18(20-4-3-11-30-20)25-22(21(17)24)28-13-14-5-7-15(8-6-14)23(26)27/h3-12H,2,13,24H2,1H3,(H,26,27). The van der Waals surface area contributed by atoms with Crippen LogP contribution >= 0.6 is 11.3 Å². The molecule has 7 heteroatoms. The minimum absolute atomic E-state index is 0.211. The number of furan rings is 1. The van der Waals surface area contributed by atoms with Gasteiger partial charge in [0.2, 0.25) is 5.88 Å². The van der Waals surface area contributed by atoms with Crippen molar-refractivity contribution in [1.82, 2.24) is 4.98 Å². The Labute approximate surface area is 177 Å². The van der Waals surface area contributed by atoms with Gasteiger partial charge in [0.1, 0.15) is 23.8 Å². The molecule has 30 heavy (non-hydrogen) atoms. The van der Waals surface area contributed by atoms with E-state index in [-0.39, 0.29) is 12.2 Å². The van der Waals surface area contributed by atoms with E-state index in [4.69, 9.17) is 20.0 Å². The summed E-state index contributed by atoms with van der Waals surface area (Å²) in [5.74, 6) is 0.888. The second kappa shape index (κ2) is 8.42. The van der Waals surface area contributed by atoms with Gasteiger partial charge >= 0.3 is 5.97 Å². The summed E-state index contributed by atoms with van der Waals surface area (Å²) >= 11 is 1.58. The van der Waals surface area contributed by atoms with Gasteiger partial charge in [-0.2, -0.15) is 0 Å². The number of aromatic carboxylic acids is 1. The number of nitrogens with zero attached hydrogens (tertiary/aromatic N) is 1. The largest absolute Gasteiger partial charge is 0.478 e. The quantitative estimate of drug-likeness (QED) is 0.410. The van der Waals surface area contributed by atoms with Crippen LogP contribution < -0.4 is 10.5 Å². The molecule has 0 spiro atoms. The predicted octanol–water partition coefficient (Wildman–Crippen LogP) is 5.49. The molecule has 0 saturated carbocycles. The van der Waals surface area contributed by atoms with Crippen LogP contribution in [0.15, 0.2) is 64.4 Å². The van der Waals surface area contributed by atoms with E-state index >= 15 is 0 Å². The SMILES string of the molecule is CCc1ccc(-c2cc(-c3cccs3)nc(OCc3ccc(C(=O)O)cc3)c2N)o1. The van der Waals surface area contributed by atoms with Gasteiger partial charge in [-0.05, 0) is 47.3 Å². The Morgan fingerprint density at radius 2 is 2.00 bits per heavy atom. The third-order valence-electron chi connectivity index (χ3n) is 4.65. The zero-order valence-corrected chi connectivity index (χ0v) is 17.1. The number of hydrogen-bond acceptors (Lipinski definition) is 6. The topological polar surface area (TPSA) is 98.6 Å². The van der Waals surface area contributed by atoms with Gasteiger partial charge in [0, 0.05) is 12.0 Å². The third-order valence-corrected chi connectivity index (χ3v) is 5.54. The number of rotatable bonds is 7. The van der Waals surface area contributed by atoms with E-state index in [2.05, 4.69) is 4.98 Å². The summed E-state index contributed by atoms with van der Waals surface area (Å²) in [7, 11) is 0. The van der Waals surface area contributed by atoms with Crippen LogP contribution in [0.1, 0.15) is 28.6 Å². The number of carboxylic acids is 1. The summed E-state index contributed by atoms with van der Waals surface area (Å²) in [6.07, 6.45) is 0.790. The lowest BCUT2D eigenvalue weighted by Gasteiger charge is -2.13. The Morgan fingerprint density at radius 3 is 2.63 bits per heavy atom. The molecule has 3 heterocycles. The Hall–Kier alpha value is -3.58. The molecule has 4 rings (SSSR count). The van der Waals surface area contributed by atoms with Crippen molar-refractivity contribution in [2.75, 3.05) is 5.73 Å². The molecule has 0 saturated heterocycles. The minimum Gasteiger partial charge on any atom is -0.478 e. The molecule has 0 amide bonds. The number of nitrogens with two attached hydrogens (primary N) is 1. The lowest BCUT2D eigenvalue weighted by molar-refractivity contribution is 0.0697. The average Bonchev–Trinajstić information content (AvgIpc) is 3.45. The first-order valence-electron chi connectivity index (χ1n) is 9.43. The highest BCUT2D eigenvalue weighted by Gasteiger charge is 2.17. The van der Waals surface area contributed by atoms with Crippen LogP contribution in [0, 0.1) is 0 Å². The Morgan fingerprint density at radius 1 is 1.20 bits per heavy atom. The Kier molecular flexibility index (Phi) is 5.54. The van der Waals surface area contributed by atoms with Gasteiger partial charge in [0.05, 0.1) is 16.1 Å². The van der Waals surface area contributed by atoms with Crippen LogP contribution in [0.2, 0.25) is 0 Å². The summed E-state index contributed by atoms with van der Waals surface area (Å²) in [5.41, 5.74) is 9.31. The predicted molar refractivity (Wildman–Crippen MR) is 117 cm³/mol. The zero-order valence-electron chi connectivity index (χ0n) is 16.3. The van der Waals surface area contributed by atoms with E-state index in [0.29, 0.717) is 17.3 Å². The molecule has 0 unspecified atom stereocenters. The second-order valence-electron chi connectivity index (χ2n) is 6.66. The van der Waals surface area contributed by atoms with Crippen molar-refractivity contribution in [1.29, 1.82) is 0 Å². The van der Waals surface area contributed by atoms with Crippen molar-refractivity contribution in [3.05, 3.63) is 76.9 Å². The van der Waals surface area contributed by atoms with Gasteiger partial charge in [0.15, 0.2) is 0 Å². The third kappa shape index (κ3) is 4.06. The van der Waals surface area contributed by atoms with E-state index in [1.807, 2.05) is 42.6 Å². The summed E-state index contributed by atoms with van der Waals surface area (Å²) in [6, 6.07) is 16.2. The van der Waals surface area contributed by atoms with Gasteiger partial charge in [0.25, 0.3) is 0 Å². The molecule has 152 valence electrons. The number of carboxylic acid groups (broad SMARTS) is 1. The fourth-order valence-corrected chi connectivity index (χ4v) is 3.69. The average molecular weight is 420 g/mol. The maximum atomic E-state index is 11.0. The molecule has 0 bridgehead atoms. The van der Waals surface area contributed by atoms with Crippen LogP contribution in [0.5, 0.6) is 5.88 Å². The lowest BCUT2D eigenvalue weighted by Crippen LogP contribution is -2.04. The van der Waals surface area contributed by atoms with Gasteiger partial charge in [-0.25, -0.2) is 9.78 Å². The van der Waals surface area contributed by atoms with Gasteiger partial charge in [-0.1, -0.05) is 25.1 Å². The monoisotopic (exact) mass is 420 g/mol. The number of aromatic nitrogens is 1. The Balaban J connectivity index is 1.68. The molecule has 6 nitrogen and oxygen atoms in total. The second-order valence-corrected chi connectivity index (χ2v) is 7.61. The van der Waals surface area contributed by atoms with E-state index < -0.39 is 5.97 Å². The molecule has 0 aliphatic rings. The van der Waals surface area contributed by atoms with Crippen molar-refractivity contribution in [2.45, 2.75) is 20.0 Å². The smallest absolute Gasteiger partial charge is 0.335 e. The maximum absolute atomic E-state index is 11.0. The number of hydrogen-bond donors (Lipinski definition) is 2. The van der Waals surface area contributed by atoms with Crippen molar-refractivity contribution in [3.63, 3.8) is 0 Å². The van der Waals surface area contributed by atoms with Crippen molar-refractivity contribution in [2.24, 2.45) is 0 Å². The molecule has 0 radical (unpaired) electrons. The summed E-state index contributed by atoms with van der Waals surface area (Å²) in [5, 5.41) is 11.0. The van der Waals surface area contributed by atoms with Crippen LogP contribution in [-0.2, 0) is 13.0 Å². The number of ether oxygens (including phenoxy) is 1. The number of pyridine rings is 1. The van der Waals surface area contributed by atoms with Crippen LogP contribution in [0.4, 0.5) is 5.69 Å². The molecule has 3 N–H and O–H groups in total. The maximum Gasteiger partial charge on any atom is 0.335 e. The number of thiophene rings is 1. The summed E-state index contributed by atoms with van der Waals surface area (Å²) in [4.78, 5) is 16.6. The number of anilines is 1. The summed E-state index contributed by atoms with van der Waals surface area (Å²) in [6.45, 7) is 2.24. The van der Waals surface area contributed by atoms with Crippen molar-refractivity contribution >= 4 is 23.0 Å². The normalized spacial score (nSPS) is 10.8. The fourth-order valence-electron chi connectivity index (χ4n) is 3.00. The van der Waals surface area contributed by atoms with E-state index in [0.717, 1.165) is 33.9 Å². The molecule has 4 aromatic rings. The molecule has 0 atom stereocenters. The molecular weight excluding hydrogens is 400 g/mol. The van der Waals surface area contributed by atoms with E-state index in [9.17, 15) is 4.79 Å². The van der Waals surface area contributed by atoms with Gasteiger partial charge < -0.3 is 20.0 Å².